The van der Waals surface area contributed by atoms with E-state index in [1.807, 2.05) is 6.07 Å². The number of anilines is 2. The molecule has 24 heavy (non-hydrogen) atoms. The fraction of sp³-hybridized carbons (Fsp3) is 0.625. The van der Waals surface area contributed by atoms with Gasteiger partial charge in [-0.05, 0) is 31.9 Å². The summed E-state index contributed by atoms with van der Waals surface area (Å²) in [7, 11) is 0. The normalized spacial score (nSPS) is 18.0. The summed E-state index contributed by atoms with van der Waals surface area (Å²) in [5, 5.41) is 11.1. The second kappa shape index (κ2) is 7.46. The van der Waals surface area contributed by atoms with E-state index in [1.54, 1.807) is 17.9 Å². The first kappa shape index (κ1) is 16.5. The summed E-state index contributed by atoms with van der Waals surface area (Å²) >= 11 is 0. The van der Waals surface area contributed by atoms with Crippen molar-refractivity contribution in [2.45, 2.75) is 26.2 Å². The zero-order valence-corrected chi connectivity index (χ0v) is 13.9. The SMILES string of the molecule is CCOC(=O)N1CCN(c2ccc(NC(=O)C3CCC3)nn2)CC1. The van der Waals surface area contributed by atoms with Gasteiger partial charge in [0, 0.05) is 32.1 Å². The van der Waals surface area contributed by atoms with Crippen molar-refractivity contribution in [3.8, 4) is 0 Å². The minimum Gasteiger partial charge on any atom is -0.450 e. The monoisotopic (exact) mass is 333 g/mol. The van der Waals surface area contributed by atoms with Gasteiger partial charge in [0.15, 0.2) is 11.6 Å². The summed E-state index contributed by atoms with van der Waals surface area (Å²) in [6.45, 7) is 4.75. The Labute approximate surface area is 141 Å². The topological polar surface area (TPSA) is 87.7 Å². The molecular weight excluding hydrogens is 310 g/mol. The van der Waals surface area contributed by atoms with E-state index >= 15 is 0 Å². The van der Waals surface area contributed by atoms with Gasteiger partial charge >= 0.3 is 6.09 Å². The van der Waals surface area contributed by atoms with Crippen molar-refractivity contribution in [1.82, 2.24) is 15.1 Å². The summed E-state index contributed by atoms with van der Waals surface area (Å²) in [6.07, 6.45) is 2.78. The van der Waals surface area contributed by atoms with E-state index in [9.17, 15) is 9.59 Å². The first-order valence-electron chi connectivity index (χ1n) is 8.48. The molecule has 0 radical (unpaired) electrons. The zero-order valence-electron chi connectivity index (χ0n) is 13.9. The predicted octanol–water partition coefficient (Wildman–Crippen LogP) is 1.49. The number of hydrogen-bond donors (Lipinski definition) is 1. The van der Waals surface area contributed by atoms with Gasteiger partial charge in [0.25, 0.3) is 0 Å². The molecule has 1 aliphatic carbocycles. The predicted molar refractivity (Wildman–Crippen MR) is 88.8 cm³/mol. The van der Waals surface area contributed by atoms with E-state index in [0.29, 0.717) is 38.6 Å². The van der Waals surface area contributed by atoms with Crippen molar-refractivity contribution in [3.05, 3.63) is 12.1 Å². The molecule has 1 saturated heterocycles. The Bertz CT molecular complexity index is 580. The number of nitrogens with one attached hydrogen (secondary N) is 1. The Balaban J connectivity index is 1.51. The van der Waals surface area contributed by atoms with Gasteiger partial charge in [0.1, 0.15) is 0 Å². The van der Waals surface area contributed by atoms with Crippen molar-refractivity contribution in [1.29, 1.82) is 0 Å². The average Bonchev–Trinajstić information content (AvgIpc) is 2.54. The molecule has 2 fully saturated rings. The first-order chi connectivity index (χ1) is 11.7. The van der Waals surface area contributed by atoms with E-state index in [2.05, 4.69) is 20.4 Å². The number of amides is 2. The van der Waals surface area contributed by atoms with Gasteiger partial charge < -0.3 is 19.9 Å². The molecule has 0 bridgehead atoms. The number of aromatic nitrogens is 2. The smallest absolute Gasteiger partial charge is 0.409 e. The van der Waals surface area contributed by atoms with Crippen LogP contribution in [-0.4, -0.2) is 59.9 Å². The van der Waals surface area contributed by atoms with Crippen LogP contribution in [0.2, 0.25) is 0 Å². The quantitative estimate of drug-likeness (QED) is 0.898. The number of piperazine rings is 1. The van der Waals surface area contributed by atoms with Gasteiger partial charge in [-0.1, -0.05) is 6.42 Å². The minimum absolute atomic E-state index is 0.0337. The molecule has 8 nitrogen and oxygen atoms in total. The number of carbonyl (C=O) groups is 2. The van der Waals surface area contributed by atoms with E-state index < -0.39 is 0 Å². The molecule has 3 rings (SSSR count). The van der Waals surface area contributed by atoms with Crippen LogP contribution in [-0.2, 0) is 9.53 Å². The van der Waals surface area contributed by atoms with Gasteiger partial charge in [-0.25, -0.2) is 4.79 Å². The molecule has 2 amide bonds. The molecule has 2 aliphatic rings. The van der Waals surface area contributed by atoms with Crippen LogP contribution in [0.4, 0.5) is 16.4 Å². The third-order valence-electron chi connectivity index (χ3n) is 4.51. The molecular formula is C16H23N5O3. The van der Waals surface area contributed by atoms with Crippen LogP contribution in [0, 0.1) is 5.92 Å². The van der Waals surface area contributed by atoms with Crippen molar-refractivity contribution in [2.75, 3.05) is 43.0 Å². The Hall–Kier alpha value is -2.38. The van der Waals surface area contributed by atoms with Crippen LogP contribution in [0.15, 0.2) is 12.1 Å². The summed E-state index contributed by atoms with van der Waals surface area (Å²) in [6, 6.07) is 3.63. The molecule has 0 spiro atoms. The van der Waals surface area contributed by atoms with E-state index in [4.69, 9.17) is 4.74 Å². The third-order valence-corrected chi connectivity index (χ3v) is 4.51. The Morgan fingerprint density at radius 2 is 1.96 bits per heavy atom. The van der Waals surface area contributed by atoms with Crippen LogP contribution in [0.3, 0.4) is 0 Å². The average molecular weight is 333 g/mol. The van der Waals surface area contributed by atoms with Crippen molar-refractivity contribution in [3.63, 3.8) is 0 Å². The van der Waals surface area contributed by atoms with Crippen LogP contribution >= 0.6 is 0 Å². The number of hydrogen-bond acceptors (Lipinski definition) is 6. The number of carbonyl (C=O) groups excluding carboxylic acids is 2. The van der Waals surface area contributed by atoms with Crippen molar-refractivity contribution < 1.29 is 14.3 Å². The van der Waals surface area contributed by atoms with Gasteiger partial charge in [-0.15, -0.1) is 10.2 Å². The van der Waals surface area contributed by atoms with Gasteiger partial charge in [0.05, 0.1) is 6.61 Å². The highest BCUT2D eigenvalue weighted by Gasteiger charge is 2.26. The minimum atomic E-state index is -0.266. The van der Waals surface area contributed by atoms with Crippen LogP contribution in [0.25, 0.3) is 0 Å². The van der Waals surface area contributed by atoms with Crippen LogP contribution in [0.5, 0.6) is 0 Å². The molecule has 0 unspecified atom stereocenters. The highest BCUT2D eigenvalue weighted by Crippen LogP contribution is 2.27. The summed E-state index contributed by atoms with van der Waals surface area (Å²) < 4.78 is 5.01. The number of rotatable bonds is 4. The second-order valence-corrected chi connectivity index (χ2v) is 6.07. The second-order valence-electron chi connectivity index (χ2n) is 6.07. The highest BCUT2D eigenvalue weighted by molar-refractivity contribution is 5.92. The standard InChI is InChI=1S/C16H23N5O3/c1-2-24-16(23)21-10-8-20(9-11-21)14-7-6-13(18-19-14)17-15(22)12-4-3-5-12/h6-7,12H,2-5,8-11H2,1H3,(H,17,18,22). The van der Waals surface area contributed by atoms with E-state index in [0.717, 1.165) is 25.1 Å². The Kier molecular flexibility index (Phi) is 5.12. The summed E-state index contributed by atoms with van der Waals surface area (Å²) in [4.78, 5) is 27.4. The fourth-order valence-electron chi connectivity index (χ4n) is 2.79. The van der Waals surface area contributed by atoms with Crippen molar-refractivity contribution in [2.24, 2.45) is 5.92 Å². The molecule has 1 aliphatic heterocycles. The zero-order chi connectivity index (χ0) is 16.9. The Morgan fingerprint density at radius 1 is 1.21 bits per heavy atom. The molecule has 1 N–H and O–H groups in total. The summed E-state index contributed by atoms with van der Waals surface area (Å²) in [5.74, 6) is 1.40. The lowest BCUT2D eigenvalue weighted by Gasteiger charge is -2.34. The maximum absolute atomic E-state index is 11.9. The third kappa shape index (κ3) is 3.74. The summed E-state index contributed by atoms with van der Waals surface area (Å²) in [5.41, 5.74) is 0. The van der Waals surface area contributed by atoms with Crippen LogP contribution < -0.4 is 10.2 Å². The molecule has 0 atom stereocenters. The number of nitrogens with zero attached hydrogens (tertiary/aromatic N) is 4. The van der Waals surface area contributed by atoms with Gasteiger partial charge in [0.2, 0.25) is 5.91 Å². The molecule has 1 aromatic rings. The largest absolute Gasteiger partial charge is 0.450 e. The molecule has 1 saturated carbocycles. The lowest BCUT2D eigenvalue weighted by Crippen LogP contribution is -2.49. The van der Waals surface area contributed by atoms with E-state index in [1.165, 1.54) is 0 Å². The molecule has 1 aromatic heterocycles. The maximum atomic E-state index is 11.9. The maximum Gasteiger partial charge on any atom is 0.409 e. The van der Waals surface area contributed by atoms with Crippen LogP contribution in [0.1, 0.15) is 26.2 Å². The molecule has 8 heteroatoms. The molecule has 0 aromatic carbocycles. The fourth-order valence-corrected chi connectivity index (χ4v) is 2.79. The molecule has 130 valence electrons. The Morgan fingerprint density at radius 3 is 2.50 bits per heavy atom. The highest BCUT2D eigenvalue weighted by atomic mass is 16.6. The lowest BCUT2D eigenvalue weighted by atomic mass is 9.85. The van der Waals surface area contributed by atoms with Crippen molar-refractivity contribution >= 4 is 23.6 Å². The molecule has 2 heterocycles. The number of ether oxygens (including phenoxy) is 1. The van der Waals surface area contributed by atoms with Gasteiger partial charge in [-0.3, -0.25) is 4.79 Å². The van der Waals surface area contributed by atoms with Gasteiger partial charge in [-0.2, -0.15) is 0 Å². The lowest BCUT2D eigenvalue weighted by molar-refractivity contribution is -0.122. The first-order valence-corrected chi connectivity index (χ1v) is 8.48. The van der Waals surface area contributed by atoms with E-state index in [-0.39, 0.29) is 17.9 Å².